The largest absolute Gasteiger partial charge is 0.357 e. The van der Waals surface area contributed by atoms with Gasteiger partial charge in [-0.05, 0) is 37.5 Å². The molecule has 0 amide bonds. The summed E-state index contributed by atoms with van der Waals surface area (Å²) in [6.07, 6.45) is 5.78. The zero-order chi connectivity index (χ0) is 8.23. The first kappa shape index (κ1) is 7.59. The fourth-order valence-corrected chi connectivity index (χ4v) is 1.61. The summed E-state index contributed by atoms with van der Waals surface area (Å²) in [7, 11) is 0. The summed E-state index contributed by atoms with van der Waals surface area (Å²) in [5.74, 6) is 1.08. The van der Waals surface area contributed by atoms with Crippen LogP contribution in [0.2, 0.25) is 0 Å². The van der Waals surface area contributed by atoms with Crippen LogP contribution in [0.5, 0.6) is 0 Å². The molecule has 0 saturated carbocycles. The van der Waals surface area contributed by atoms with Crippen molar-refractivity contribution in [2.75, 3.05) is 18.0 Å². The van der Waals surface area contributed by atoms with Crippen LogP contribution >= 0.6 is 0 Å². The van der Waals surface area contributed by atoms with Crippen LogP contribution in [-0.2, 0) is 0 Å². The van der Waals surface area contributed by atoms with Crippen molar-refractivity contribution in [2.45, 2.75) is 19.3 Å². The zero-order valence-corrected chi connectivity index (χ0v) is 7.16. The smallest absolute Gasteiger partial charge is 0.129 e. The van der Waals surface area contributed by atoms with Crippen LogP contribution < -0.4 is 4.90 Å². The summed E-state index contributed by atoms with van der Waals surface area (Å²) in [6.45, 7) is 2.32. The van der Waals surface area contributed by atoms with Crippen molar-refractivity contribution < 1.29 is 0 Å². The summed E-state index contributed by atoms with van der Waals surface area (Å²) in [5, 5.41) is 0. The molecule has 0 aromatic carbocycles. The van der Waals surface area contributed by atoms with Crippen molar-refractivity contribution in [3.63, 3.8) is 0 Å². The molecule has 1 aliphatic heterocycles. The Morgan fingerprint density at radius 3 is 2.75 bits per heavy atom. The molecular weight excluding hydrogens is 148 g/mol. The molecule has 1 aromatic heterocycles. The van der Waals surface area contributed by atoms with Crippen LogP contribution in [-0.4, -0.2) is 18.1 Å². The number of anilines is 1. The average Bonchev–Trinajstić information content (AvgIpc) is 2.21. The maximum atomic E-state index is 4.30. The Morgan fingerprint density at radius 1 is 1.25 bits per heavy atom. The first-order valence-corrected chi connectivity index (χ1v) is 4.54. The Labute approximate surface area is 73.2 Å². The SMILES string of the molecule is [c]1ccnc(N2CCCCC2)c1. The van der Waals surface area contributed by atoms with Crippen molar-refractivity contribution in [1.29, 1.82) is 0 Å². The van der Waals surface area contributed by atoms with Crippen LogP contribution in [0.15, 0.2) is 18.3 Å². The third-order valence-corrected chi connectivity index (χ3v) is 2.27. The highest BCUT2D eigenvalue weighted by Gasteiger charge is 2.10. The molecule has 0 aliphatic carbocycles. The van der Waals surface area contributed by atoms with Crippen molar-refractivity contribution in [3.8, 4) is 0 Å². The van der Waals surface area contributed by atoms with Gasteiger partial charge in [-0.25, -0.2) is 4.98 Å². The summed E-state index contributed by atoms with van der Waals surface area (Å²) in [4.78, 5) is 6.63. The molecule has 1 radical (unpaired) electrons. The summed E-state index contributed by atoms with van der Waals surface area (Å²) < 4.78 is 0. The molecule has 1 aromatic rings. The molecule has 0 unspecified atom stereocenters. The number of aromatic nitrogens is 1. The third-order valence-electron chi connectivity index (χ3n) is 2.27. The lowest BCUT2D eigenvalue weighted by molar-refractivity contribution is 0.573. The van der Waals surface area contributed by atoms with Gasteiger partial charge in [0, 0.05) is 19.3 Å². The average molecular weight is 161 g/mol. The minimum absolute atomic E-state index is 1.08. The van der Waals surface area contributed by atoms with E-state index < -0.39 is 0 Å². The number of pyridine rings is 1. The summed E-state index contributed by atoms with van der Waals surface area (Å²) >= 11 is 0. The van der Waals surface area contributed by atoms with Crippen molar-refractivity contribution in [1.82, 2.24) is 4.98 Å². The highest BCUT2D eigenvalue weighted by molar-refractivity contribution is 5.37. The van der Waals surface area contributed by atoms with Gasteiger partial charge in [0.2, 0.25) is 0 Å². The van der Waals surface area contributed by atoms with E-state index in [1.165, 1.54) is 19.3 Å². The first-order chi connectivity index (χ1) is 5.97. The van der Waals surface area contributed by atoms with Gasteiger partial charge in [0.05, 0.1) is 0 Å². The quantitative estimate of drug-likeness (QED) is 0.625. The molecule has 1 aliphatic rings. The molecular formula is C10H13N2. The Balaban J connectivity index is 2.08. The van der Waals surface area contributed by atoms with Gasteiger partial charge in [-0.15, -0.1) is 0 Å². The summed E-state index contributed by atoms with van der Waals surface area (Å²) in [5.41, 5.74) is 0. The number of piperidine rings is 1. The second-order valence-electron chi connectivity index (χ2n) is 3.16. The van der Waals surface area contributed by atoms with E-state index in [9.17, 15) is 0 Å². The molecule has 2 heteroatoms. The molecule has 2 rings (SSSR count). The fraction of sp³-hybridized carbons (Fsp3) is 0.500. The van der Waals surface area contributed by atoms with Gasteiger partial charge in [0.25, 0.3) is 0 Å². The Bertz CT molecular complexity index is 227. The topological polar surface area (TPSA) is 16.1 Å². The van der Waals surface area contributed by atoms with Gasteiger partial charge in [0.15, 0.2) is 0 Å². The van der Waals surface area contributed by atoms with Crippen LogP contribution in [0, 0.1) is 6.07 Å². The van der Waals surface area contributed by atoms with Gasteiger partial charge in [-0.3, -0.25) is 0 Å². The Morgan fingerprint density at radius 2 is 2.08 bits per heavy atom. The first-order valence-electron chi connectivity index (χ1n) is 4.54. The molecule has 12 heavy (non-hydrogen) atoms. The van der Waals surface area contributed by atoms with E-state index in [0.717, 1.165) is 18.9 Å². The predicted molar refractivity (Wildman–Crippen MR) is 49.1 cm³/mol. The van der Waals surface area contributed by atoms with Crippen molar-refractivity contribution in [2.24, 2.45) is 0 Å². The third kappa shape index (κ3) is 1.58. The van der Waals surface area contributed by atoms with E-state index in [2.05, 4.69) is 16.0 Å². The van der Waals surface area contributed by atoms with E-state index in [0.29, 0.717) is 0 Å². The molecule has 0 bridgehead atoms. The molecule has 2 heterocycles. The van der Waals surface area contributed by atoms with Gasteiger partial charge in [-0.2, -0.15) is 0 Å². The normalized spacial score (nSPS) is 17.8. The monoisotopic (exact) mass is 161 g/mol. The van der Waals surface area contributed by atoms with Gasteiger partial charge >= 0.3 is 0 Å². The number of hydrogen-bond acceptors (Lipinski definition) is 2. The lowest BCUT2D eigenvalue weighted by Gasteiger charge is -2.27. The maximum absolute atomic E-state index is 4.30. The van der Waals surface area contributed by atoms with E-state index in [-0.39, 0.29) is 0 Å². The van der Waals surface area contributed by atoms with Gasteiger partial charge < -0.3 is 4.90 Å². The second-order valence-corrected chi connectivity index (χ2v) is 3.16. The molecule has 2 nitrogen and oxygen atoms in total. The van der Waals surface area contributed by atoms with Crippen LogP contribution in [0.3, 0.4) is 0 Å². The zero-order valence-electron chi connectivity index (χ0n) is 7.16. The van der Waals surface area contributed by atoms with Gasteiger partial charge in [0.1, 0.15) is 5.82 Å². The maximum Gasteiger partial charge on any atom is 0.129 e. The fourth-order valence-electron chi connectivity index (χ4n) is 1.61. The standard InChI is InChI=1S/C10H13N2/c1-4-8-12(9-5-1)10-6-2-3-7-11-10/h3,6-7H,1,4-5,8-9H2. The highest BCUT2D eigenvalue weighted by atomic mass is 15.2. The second kappa shape index (κ2) is 3.57. The minimum atomic E-state index is 1.08. The Kier molecular flexibility index (Phi) is 2.26. The van der Waals surface area contributed by atoms with Gasteiger partial charge in [-0.1, -0.05) is 0 Å². The lowest BCUT2D eigenvalue weighted by atomic mass is 10.1. The number of hydrogen-bond donors (Lipinski definition) is 0. The number of nitrogens with zero attached hydrogens (tertiary/aromatic N) is 2. The predicted octanol–water partition coefficient (Wildman–Crippen LogP) is 1.87. The van der Waals surface area contributed by atoms with E-state index in [1.54, 1.807) is 0 Å². The molecule has 0 atom stereocenters. The molecule has 1 fully saturated rings. The minimum Gasteiger partial charge on any atom is -0.357 e. The number of rotatable bonds is 1. The Hall–Kier alpha value is -1.05. The molecule has 1 saturated heterocycles. The van der Waals surface area contributed by atoms with Crippen molar-refractivity contribution >= 4 is 5.82 Å². The molecule has 0 spiro atoms. The van der Waals surface area contributed by atoms with Crippen molar-refractivity contribution in [3.05, 3.63) is 24.4 Å². The highest BCUT2D eigenvalue weighted by Crippen LogP contribution is 2.15. The van der Waals surface area contributed by atoms with E-state index >= 15 is 0 Å². The van der Waals surface area contributed by atoms with Crippen LogP contribution in [0.25, 0.3) is 0 Å². The molecule has 63 valence electrons. The van der Waals surface area contributed by atoms with Crippen LogP contribution in [0.4, 0.5) is 5.82 Å². The molecule has 0 N–H and O–H groups in total. The van der Waals surface area contributed by atoms with Crippen LogP contribution in [0.1, 0.15) is 19.3 Å². The summed E-state index contributed by atoms with van der Waals surface area (Å²) in [6, 6.07) is 6.86. The van der Waals surface area contributed by atoms with E-state index in [1.807, 2.05) is 18.3 Å². The lowest BCUT2D eigenvalue weighted by Crippen LogP contribution is -2.29. The van der Waals surface area contributed by atoms with E-state index in [4.69, 9.17) is 0 Å².